The molecule has 0 aromatic carbocycles. The first-order valence-electron chi connectivity index (χ1n) is 23.2. The van der Waals surface area contributed by atoms with Gasteiger partial charge in [-0.25, -0.2) is 0 Å². The summed E-state index contributed by atoms with van der Waals surface area (Å²) in [7, 11) is 0. The summed E-state index contributed by atoms with van der Waals surface area (Å²) in [6.45, 7) is 3.73. The van der Waals surface area contributed by atoms with Crippen LogP contribution in [0.25, 0.3) is 0 Å². The quantitative estimate of drug-likeness (QED) is 0.0339. The summed E-state index contributed by atoms with van der Waals surface area (Å²) in [4.78, 5) is 12.8. The maximum Gasteiger partial charge on any atom is 0.220 e. The zero-order valence-electron chi connectivity index (χ0n) is 35.3. The van der Waals surface area contributed by atoms with E-state index in [-0.39, 0.29) is 12.5 Å². The van der Waals surface area contributed by atoms with Crippen LogP contribution in [-0.4, -0.2) is 87.5 Å². The minimum atomic E-state index is -1.55. The normalized spacial score (nSPS) is 21.4. The Labute approximate surface area is 332 Å². The van der Waals surface area contributed by atoms with Gasteiger partial charge in [0.25, 0.3) is 0 Å². The topological polar surface area (TPSA) is 149 Å². The molecule has 9 heteroatoms. The van der Waals surface area contributed by atoms with Crippen molar-refractivity contribution in [1.82, 2.24) is 5.32 Å². The number of amides is 1. The molecule has 1 fully saturated rings. The van der Waals surface area contributed by atoms with Gasteiger partial charge in [0.15, 0.2) is 6.29 Å². The molecule has 6 N–H and O–H groups in total. The fourth-order valence-electron chi connectivity index (χ4n) is 7.69. The lowest BCUT2D eigenvalue weighted by molar-refractivity contribution is -0.302. The van der Waals surface area contributed by atoms with Crippen LogP contribution in [-0.2, 0) is 14.3 Å². The maximum absolute atomic E-state index is 12.8. The number of carbonyl (C=O) groups is 1. The zero-order chi connectivity index (χ0) is 39.5. The first-order chi connectivity index (χ1) is 26.3. The molecule has 54 heavy (non-hydrogen) atoms. The van der Waals surface area contributed by atoms with Crippen LogP contribution in [0.1, 0.15) is 226 Å². The molecule has 9 nitrogen and oxygen atoms in total. The third-order valence-electron chi connectivity index (χ3n) is 11.5. The molecule has 1 aliphatic rings. The molecule has 0 radical (unpaired) electrons. The van der Waals surface area contributed by atoms with Crippen LogP contribution >= 0.6 is 0 Å². The summed E-state index contributed by atoms with van der Waals surface area (Å²) in [5.74, 6) is -0.149. The second-order valence-corrected chi connectivity index (χ2v) is 16.6. The van der Waals surface area contributed by atoms with Gasteiger partial charge in [-0.3, -0.25) is 4.79 Å². The SMILES string of the molecule is CCCCCCCCCCCCCCCCCCCCCCCCCCCCCC(=O)NC(COC1OC(CO)C(O)C(O)C1O)C(O)CCCCCC. The van der Waals surface area contributed by atoms with E-state index in [9.17, 15) is 30.3 Å². The van der Waals surface area contributed by atoms with Crippen LogP contribution in [0.5, 0.6) is 0 Å². The van der Waals surface area contributed by atoms with Gasteiger partial charge in [-0.1, -0.05) is 206 Å². The predicted molar refractivity (Wildman–Crippen MR) is 221 cm³/mol. The van der Waals surface area contributed by atoms with Gasteiger partial charge in [-0.2, -0.15) is 0 Å². The molecule has 0 aromatic heterocycles. The highest BCUT2D eigenvalue weighted by atomic mass is 16.7. The Kier molecular flexibility index (Phi) is 34.6. The molecule has 7 unspecified atom stereocenters. The third-order valence-corrected chi connectivity index (χ3v) is 11.5. The highest BCUT2D eigenvalue weighted by Crippen LogP contribution is 2.23. The van der Waals surface area contributed by atoms with Crippen molar-refractivity contribution >= 4 is 5.91 Å². The monoisotopic (exact) mass is 772 g/mol. The van der Waals surface area contributed by atoms with E-state index in [0.29, 0.717) is 12.8 Å². The van der Waals surface area contributed by atoms with Gasteiger partial charge in [0, 0.05) is 6.42 Å². The number of ether oxygens (including phenoxy) is 2. The lowest BCUT2D eigenvalue weighted by Gasteiger charge is -2.40. The van der Waals surface area contributed by atoms with Gasteiger partial charge in [-0.05, 0) is 12.8 Å². The highest BCUT2D eigenvalue weighted by molar-refractivity contribution is 5.76. The van der Waals surface area contributed by atoms with Crippen molar-refractivity contribution in [2.75, 3.05) is 13.2 Å². The molecule has 322 valence electrons. The van der Waals surface area contributed by atoms with Gasteiger partial charge in [0.1, 0.15) is 24.4 Å². The minimum Gasteiger partial charge on any atom is -0.394 e. The van der Waals surface area contributed by atoms with E-state index >= 15 is 0 Å². The summed E-state index contributed by atoms with van der Waals surface area (Å²) < 4.78 is 11.1. The molecule has 1 saturated heterocycles. The van der Waals surface area contributed by atoms with E-state index in [1.54, 1.807) is 0 Å². The Morgan fingerprint density at radius 3 is 1.31 bits per heavy atom. The number of hydrogen-bond donors (Lipinski definition) is 6. The molecule has 0 bridgehead atoms. The first-order valence-corrected chi connectivity index (χ1v) is 23.2. The molecule has 1 aliphatic heterocycles. The van der Waals surface area contributed by atoms with Crippen LogP contribution in [0.15, 0.2) is 0 Å². The van der Waals surface area contributed by atoms with E-state index < -0.39 is 49.5 Å². The average Bonchev–Trinajstić information content (AvgIpc) is 3.17. The zero-order valence-corrected chi connectivity index (χ0v) is 35.3. The summed E-state index contributed by atoms with van der Waals surface area (Å²) >= 11 is 0. The molecule has 0 saturated carbocycles. The lowest BCUT2D eigenvalue weighted by atomic mass is 9.99. The summed E-state index contributed by atoms with van der Waals surface area (Å²) in [5.41, 5.74) is 0. The number of carbonyl (C=O) groups excluding carboxylic acids is 1. The van der Waals surface area contributed by atoms with Crippen molar-refractivity contribution in [1.29, 1.82) is 0 Å². The second kappa shape index (κ2) is 36.5. The van der Waals surface area contributed by atoms with Crippen molar-refractivity contribution in [2.24, 2.45) is 0 Å². The van der Waals surface area contributed by atoms with Crippen molar-refractivity contribution in [3.63, 3.8) is 0 Å². The number of nitrogens with one attached hydrogen (secondary N) is 1. The lowest BCUT2D eigenvalue weighted by Crippen LogP contribution is -2.60. The van der Waals surface area contributed by atoms with Gasteiger partial charge in [0.05, 0.1) is 25.4 Å². The molecule has 0 spiro atoms. The number of rotatable bonds is 39. The smallest absolute Gasteiger partial charge is 0.220 e. The number of aliphatic hydroxyl groups is 5. The molecular formula is C45H89NO8. The van der Waals surface area contributed by atoms with E-state index in [2.05, 4.69) is 19.2 Å². The standard InChI is InChI=1S/C45H89NO8/c1-3-5-7-9-10-11-12-13-14-15-16-17-18-19-20-21-22-23-24-25-26-27-28-29-30-31-33-35-41(49)46-38(39(48)34-32-8-6-4-2)37-53-45-44(52)43(51)42(50)40(36-47)54-45/h38-40,42-45,47-48,50-52H,3-37H2,1-2H3,(H,46,49). The largest absolute Gasteiger partial charge is 0.394 e. The fourth-order valence-corrected chi connectivity index (χ4v) is 7.69. The van der Waals surface area contributed by atoms with Gasteiger partial charge in [0.2, 0.25) is 5.91 Å². The van der Waals surface area contributed by atoms with E-state index in [1.165, 1.54) is 154 Å². The molecule has 1 amide bonds. The minimum absolute atomic E-state index is 0.136. The Balaban J connectivity index is 2.03. The fraction of sp³-hybridized carbons (Fsp3) is 0.978. The molecule has 1 heterocycles. The molecular weight excluding hydrogens is 682 g/mol. The third kappa shape index (κ3) is 26.9. The van der Waals surface area contributed by atoms with Crippen molar-refractivity contribution in [2.45, 2.75) is 269 Å². The molecule has 0 aliphatic carbocycles. The van der Waals surface area contributed by atoms with Gasteiger partial charge >= 0.3 is 0 Å². The summed E-state index contributed by atoms with van der Waals surface area (Å²) in [6.07, 6.45) is 33.5. The average molecular weight is 772 g/mol. The Bertz CT molecular complexity index is 817. The number of aliphatic hydroxyl groups excluding tert-OH is 5. The Hall–Kier alpha value is -0.810. The van der Waals surface area contributed by atoms with E-state index in [4.69, 9.17) is 9.47 Å². The van der Waals surface area contributed by atoms with Crippen molar-refractivity contribution < 1.29 is 39.8 Å². The van der Waals surface area contributed by atoms with Gasteiger partial charge < -0.3 is 40.3 Å². The highest BCUT2D eigenvalue weighted by Gasteiger charge is 2.44. The van der Waals surface area contributed by atoms with Crippen molar-refractivity contribution in [3.8, 4) is 0 Å². The predicted octanol–water partition coefficient (Wildman–Crippen LogP) is 9.56. The van der Waals surface area contributed by atoms with Crippen LogP contribution in [0, 0.1) is 0 Å². The molecule has 1 rings (SSSR count). The first kappa shape index (κ1) is 51.2. The molecule has 0 aromatic rings. The van der Waals surface area contributed by atoms with E-state index in [1.807, 2.05) is 0 Å². The van der Waals surface area contributed by atoms with Gasteiger partial charge in [-0.15, -0.1) is 0 Å². The van der Waals surface area contributed by atoms with Crippen LogP contribution in [0.4, 0.5) is 0 Å². The maximum atomic E-state index is 12.8. The summed E-state index contributed by atoms with van der Waals surface area (Å²) in [5, 5.41) is 53.7. The summed E-state index contributed by atoms with van der Waals surface area (Å²) in [6, 6.07) is -0.708. The van der Waals surface area contributed by atoms with Crippen molar-refractivity contribution in [3.05, 3.63) is 0 Å². The number of unbranched alkanes of at least 4 members (excludes halogenated alkanes) is 29. The number of hydrogen-bond acceptors (Lipinski definition) is 8. The Morgan fingerprint density at radius 2 is 0.926 bits per heavy atom. The van der Waals surface area contributed by atoms with Crippen LogP contribution in [0.2, 0.25) is 0 Å². The molecule has 7 atom stereocenters. The van der Waals surface area contributed by atoms with Crippen LogP contribution < -0.4 is 5.32 Å². The Morgan fingerprint density at radius 1 is 0.556 bits per heavy atom. The second-order valence-electron chi connectivity index (χ2n) is 16.6. The van der Waals surface area contributed by atoms with E-state index in [0.717, 1.165) is 44.9 Å². The van der Waals surface area contributed by atoms with Crippen LogP contribution in [0.3, 0.4) is 0 Å².